The SMILES string of the molecule is CCOc1ccc([C@H]2CCC[NH+]2CN2C(=O)C(=O)N(Cc3ccccc3)C2=O)cc1. The first-order valence-electron chi connectivity index (χ1n) is 10.4. The zero-order chi connectivity index (χ0) is 21.1. The summed E-state index contributed by atoms with van der Waals surface area (Å²) in [5.41, 5.74) is 1.96. The third-order valence-electron chi connectivity index (χ3n) is 5.76. The van der Waals surface area contributed by atoms with E-state index >= 15 is 0 Å². The summed E-state index contributed by atoms with van der Waals surface area (Å²) in [7, 11) is 0. The van der Waals surface area contributed by atoms with Gasteiger partial charge < -0.3 is 9.64 Å². The molecule has 2 heterocycles. The van der Waals surface area contributed by atoms with Gasteiger partial charge in [-0.1, -0.05) is 30.3 Å². The number of likely N-dealkylation sites (tertiary alicyclic amines) is 1. The second-order valence-corrected chi connectivity index (χ2v) is 7.66. The summed E-state index contributed by atoms with van der Waals surface area (Å²) in [6.07, 6.45) is 1.98. The Kier molecular flexibility index (Phi) is 5.81. The molecule has 2 fully saturated rings. The van der Waals surface area contributed by atoms with E-state index in [4.69, 9.17) is 4.74 Å². The number of nitrogens with one attached hydrogen (secondary N) is 1. The van der Waals surface area contributed by atoms with Crippen LogP contribution in [0.3, 0.4) is 0 Å². The first-order chi connectivity index (χ1) is 14.6. The second kappa shape index (κ2) is 8.67. The number of nitrogens with zero attached hydrogens (tertiary/aromatic N) is 2. The van der Waals surface area contributed by atoms with E-state index in [1.165, 1.54) is 0 Å². The summed E-state index contributed by atoms with van der Waals surface area (Å²) in [4.78, 5) is 41.1. The Morgan fingerprint density at radius 1 is 0.967 bits per heavy atom. The highest BCUT2D eigenvalue weighted by molar-refractivity contribution is 6.44. The van der Waals surface area contributed by atoms with Crippen molar-refractivity contribution < 1.29 is 24.0 Å². The van der Waals surface area contributed by atoms with Gasteiger partial charge in [0.25, 0.3) is 0 Å². The Hall–Kier alpha value is -3.19. The molecule has 0 saturated carbocycles. The number of rotatable bonds is 7. The first-order valence-corrected chi connectivity index (χ1v) is 10.4. The second-order valence-electron chi connectivity index (χ2n) is 7.66. The Bertz CT molecular complexity index is 929. The van der Waals surface area contributed by atoms with Crippen molar-refractivity contribution in [3.8, 4) is 5.75 Å². The van der Waals surface area contributed by atoms with Crippen LogP contribution in [0.1, 0.15) is 36.9 Å². The molecule has 0 aliphatic carbocycles. The standard InChI is InChI=1S/C23H25N3O4/c1-2-30-19-12-10-18(11-13-19)20-9-6-14-24(20)16-26-22(28)21(27)25(23(26)29)15-17-7-4-3-5-8-17/h3-5,7-8,10-13,20H,2,6,9,14-16H2,1H3/p+1/t20-/m1/s1. The zero-order valence-electron chi connectivity index (χ0n) is 17.0. The van der Waals surface area contributed by atoms with Gasteiger partial charge >= 0.3 is 17.8 Å². The monoisotopic (exact) mass is 408 g/mol. The Balaban J connectivity index is 1.46. The molecule has 2 aromatic carbocycles. The quantitative estimate of drug-likeness (QED) is 0.560. The lowest BCUT2D eigenvalue weighted by Crippen LogP contribution is -3.12. The number of benzene rings is 2. The van der Waals surface area contributed by atoms with Gasteiger partial charge in [0, 0.05) is 18.4 Å². The van der Waals surface area contributed by atoms with Gasteiger partial charge in [0.2, 0.25) is 0 Å². The summed E-state index contributed by atoms with van der Waals surface area (Å²) < 4.78 is 5.51. The molecule has 2 aromatic rings. The molecule has 2 saturated heterocycles. The molecule has 1 unspecified atom stereocenters. The van der Waals surface area contributed by atoms with E-state index < -0.39 is 17.8 Å². The number of hydrogen-bond donors (Lipinski definition) is 1. The van der Waals surface area contributed by atoms with Gasteiger partial charge in [0.15, 0.2) is 6.67 Å². The maximum absolute atomic E-state index is 12.9. The predicted octanol–water partition coefficient (Wildman–Crippen LogP) is 1.75. The molecule has 2 aliphatic rings. The van der Waals surface area contributed by atoms with Gasteiger partial charge in [-0.15, -0.1) is 0 Å². The molecule has 0 aromatic heterocycles. The van der Waals surface area contributed by atoms with Crippen LogP contribution in [-0.4, -0.2) is 47.5 Å². The largest absolute Gasteiger partial charge is 0.494 e. The highest BCUT2D eigenvalue weighted by atomic mass is 16.5. The van der Waals surface area contributed by atoms with Gasteiger partial charge in [-0.25, -0.2) is 9.69 Å². The van der Waals surface area contributed by atoms with E-state index in [0.29, 0.717) is 6.61 Å². The van der Waals surface area contributed by atoms with Crippen molar-refractivity contribution in [2.24, 2.45) is 0 Å². The lowest BCUT2D eigenvalue weighted by molar-refractivity contribution is -0.925. The normalized spacial score (nSPS) is 21.6. The summed E-state index contributed by atoms with van der Waals surface area (Å²) in [6, 6.07) is 16.9. The third-order valence-corrected chi connectivity index (χ3v) is 5.76. The molecule has 30 heavy (non-hydrogen) atoms. The molecule has 7 nitrogen and oxygen atoms in total. The lowest BCUT2D eigenvalue weighted by Gasteiger charge is -2.25. The number of imide groups is 2. The molecule has 2 atom stereocenters. The van der Waals surface area contributed by atoms with Crippen LogP contribution in [0, 0.1) is 0 Å². The first kappa shape index (κ1) is 20.1. The van der Waals surface area contributed by atoms with Crippen molar-refractivity contribution in [1.82, 2.24) is 9.80 Å². The fourth-order valence-corrected chi connectivity index (χ4v) is 4.26. The van der Waals surface area contributed by atoms with Crippen molar-refractivity contribution in [3.05, 3.63) is 65.7 Å². The van der Waals surface area contributed by atoms with Crippen molar-refractivity contribution in [2.75, 3.05) is 19.8 Å². The average molecular weight is 408 g/mol. The molecule has 7 heteroatoms. The number of carbonyl (C=O) groups is 3. The van der Waals surface area contributed by atoms with Crippen LogP contribution in [0.25, 0.3) is 0 Å². The number of quaternary nitrogens is 1. The highest BCUT2D eigenvalue weighted by Gasteiger charge is 2.47. The van der Waals surface area contributed by atoms with Crippen LogP contribution < -0.4 is 9.64 Å². The third kappa shape index (κ3) is 3.93. The minimum atomic E-state index is -0.750. The van der Waals surface area contributed by atoms with Crippen molar-refractivity contribution >= 4 is 17.8 Å². The molecule has 0 radical (unpaired) electrons. The van der Waals surface area contributed by atoms with Crippen LogP contribution in [0.2, 0.25) is 0 Å². The number of carbonyl (C=O) groups excluding carboxylic acids is 3. The molecule has 4 rings (SSSR count). The van der Waals surface area contributed by atoms with E-state index in [2.05, 4.69) is 0 Å². The Labute approximate surface area is 175 Å². The Morgan fingerprint density at radius 2 is 1.67 bits per heavy atom. The van der Waals surface area contributed by atoms with Crippen LogP contribution in [0.15, 0.2) is 54.6 Å². The molecule has 0 bridgehead atoms. The highest BCUT2D eigenvalue weighted by Crippen LogP contribution is 2.23. The minimum Gasteiger partial charge on any atom is -0.494 e. The molecular formula is C23H26N3O4+. The summed E-state index contributed by atoms with van der Waals surface area (Å²) in [5, 5.41) is 0. The number of amides is 4. The molecule has 2 aliphatic heterocycles. The lowest BCUT2D eigenvalue weighted by atomic mass is 10.0. The average Bonchev–Trinajstić information content (AvgIpc) is 3.30. The number of urea groups is 1. The van der Waals surface area contributed by atoms with Crippen molar-refractivity contribution in [3.63, 3.8) is 0 Å². The molecular weight excluding hydrogens is 382 g/mol. The van der Waals surface area contributed by atoms with E-state index in [1.807, 2.05) is 61.5 Å². The maximum atomic E-state index is 12.9. The summed E-state index contributed by atoms with van der Waals surface area (Å²) >= 11 is 0. The van der Waals surface area contributed by atoms with Crippen molar-refractivity contribution in [1.29, 1.82) is 0 Å². The number of ether oxygens (including phenoxy) is 1. The van der Waals surface area contributed by atoms with Gasteiger partial charge in [-0.05, 0) is 36.8 Å². The van der Waals surface area contributed by atoms with Crippen LogP contribution in [0.4, 0.5) is 4.79 Å². The molecule has 156 valence electrons. The maximum Gasteiger partial charge on any atom is 0.339 e. The van der Waals surface area contributed by atoms with E-state index in [-0.39, 0.29) is 19.3 Å². The molecule has 1 N–H and O–H groups in total. The zero-order valence-corrected chi connectivity index (χ0v) is 17.0. The smallest absolute Gasteiger partial charge is 0.339 e. The van der Waals surface area contributed by atoms with E-state index in [9.17, 15) is 14.4 Å². The van der Waals surface area contributed by atoms with Crippen LogP contribution in [0.5, 0.6) is 5.75 Å². The van der Waals surface area contributed by atoms with Gasteiger partial charge in [-0.3, -0.25) is 14.5 Å². The topological polar surface area (TPSA) is 71.4 Å². The Morgan fingerprint density at radius 3 is 2.37 bits per heavy atom. The van der Waals surface area contributed by atoms with Crippen LogP contribution >= 0.6 is 0 Å². The summed E-state index contributed by atoms with van der Waals surface area (Å²) in [6.45, 7) is 3.73. The predicted molar refractivity (Wildman–Crippen MR) is 110 cm³/mol. The molecule has 0 spiro atoms. The fourth-order valence-electron chi connectivity index (χ4n) is 4.26. The van der Waals surface area contributed by atoms with Gasteiger partial charge in [-0.2, -0.15) is 0 Å². The van der Waals surface area contributed by atoms with Gasteiger partial charge in [0.05, 0.1) is 19.7 Å². The summed E-state index contributed by atoms with van der Waals surface area (Å²) in [5.74, 6) is -0.659. The van der Waals surface area contributed by atoms with Crippen molar-refractivity contribution in [2.45, 2.75) is 32.4 Å². The fraction of sp³-hybridized carbons (Fsp3) is 0.348. The minimum absolute atomic E-state index is 0.110. The van der Waals surface area contributed by atoms with E-state index in [1.54, 1.807) is 0 Å². The molecule has 4 amide bonds. The van der Waals surface area contributed by atoms with E-state index in [0.717, 1.165) is 51.0 Å². The number of hydrogen-bond acceptors (Lipinski definition) is 4. The van der Waals surface area contributed by atoms with Crippen LogP contribution in [-0.2, 0) is 16.1 Å². The van der Waals surface area contributed by atoms with Gasteiger partial charge in [0.1, 0.15) is 11.8 Å².